The van der Waals surface area contributed by atoms with Gasteiger partial charge in [-0.05, 0) is 43.7 Å². The number of aliphatic hydroxyl groups is 1. The Bertz CT molecular complexity index is 539. The van der Waals surface area contributed by atoms with Crippen molar-refractivity contribution < 1.29 is 19.0 Å². The van der Waals surface area contributed by atoms with Crippen molar-refractivity contribution in [1.82, 2.24) is 10.2 Å². The van der Waals surface area contributed by atoms with Gasteiger partial charge in [-0.3, -0.25) is 0 Å². The van der Waals surface area contributed by atoms with Gasteiger partial charge in [0.1, 0.15) is 17.7 Å². The lowest BCUT2D eigenvalue weighted by Gasteiger charge is -2.40. The van der Waals surface area contributed by atoms with Crippen molar-refractivity contribution in [2.24, 2.45) is 5.41 Å². The molecule has 1 aliphatic heterocycles. The molecule has 134 valence electrons. The first-order valence-corrected chi connectivity index (χ1v) is 8.54. The summed E-state index contributed by atoms with van der Waals surface area (Å²) < 4.78 is 18.7. The Morgan fingerprint density at radius 3 is 2.75 bits per heavy atom. The number of hydrogen-bond donors (Lipinski definition) is 2. The summed E-state index contributed by atoms with van der Waals surface area (Å²) in [6.45, 7) is 5.74. The van der Waals surface area contributed by atoms with Gasteiger partial charge in [-0.15, -0.1) is 0 Å². The highest BCUT2D eigenvalue weighted by Crippen LogP contribution is 2.34. The first-order chi connectivity index (χ1) is 11.5. The molecule has 2 rings (SSSR count). The number of amides is 2. The van der Waals surface area contributed by atoms with Crippen molar-refractivity contribution >= 4 is 6.03 Å². The fraction of sp³-hybridized carbons (Fsp3) is 0.611. The largest absolute Gasteiger partial charge is 0.489 e. The van der Waals surface area contributed by atoms with E-state index >= 15 is 0 Å². The maximum absolute atomic E-state index is 13.1. The van der Waals surface area contributed by atoms with Crippen LogP contribution in [0.25, 0.3) is 0 Å². The summed E-state index contributed by atoms with van der Waals surface area (Å²) in [4.78, 5) is 14.0. The Hall–Kier alpha value is -1.82. The van der Waals surface area contributed by atoms with Gasteiger partial charge in [-0.2, -0.15) is 0 Å². The minimum atomic E-state index is -0.347. The number of nitrogens with zero attached hydrogens (tertiary/aromatic N) is 1. The summed E-state index contributed by atoms with van der Waals surface area (Å²) in [5.74, 6) is 0.103. The van der Waals surface area contributed by atoms with Crippen LogP contribution in [0.3, 0.4) is 0 Å². The Morgan fingerprint density at radius 2 is 2.17 bits per heavy atom. The van der Waals surface area contributed by atoms with Crippen LogP contribution in [0.5, 0.6) is 5.75 Å². The topological polar surface area (TPSA) is 61.8 Å². The third kappa shape index (κ3) is 4.84. The average Bonchev–Trinajstić information content (AvgIpc) is 2.60. The normalized spacial score (nSPS) is 18.1. The number of halogens is 1. The van der Waals surface area contributed by atoms with E-state index in [1.165, 1.54) is 12.1 Å². The molecule has 0 bridgehead atoms. The van der Waals surface area contributed by atoms with E-state index in [4.69, 9.17) is 4.74 Å². The minimum absolute atomic E-state index is 0.0371. The molecule has 0 radical (unpaired) electrons. The quantitative estimate of drug-likeness (QED) is 0.838. The van der Waals surface area contributed by atoms with E-state index in [0.717, 1.165) is 19.3 Å². The lowest BCUT2D eigenvalue weighted by molar-refractivity contribution is 0.0515. The van der Waals surface area contributed by atoms with E-state index in [1.807, 2.05) is 6.92 Å². The molecular weight excluding hydrogens is 311 g/mol. The number of carbonyl (C=O) groups excluding carboxylic acids is 1. The van der Waals surface area contributed by atoms with Crippen molar-refractivity contribution in [2.45, 2.75) is 39.2 Å². The summed E-state index contributed by atoms with van der Waals surface area (Å²) in [7, 11) is 0. The number of urea groups is 1. The van der Waals surface area contributed by atoms with Gasteiger partial charge in [0.05, 0.1) is 6.54 Å². The van der Waals surface area contributed by atoms with E-state index in [-0.39, 0.29) is 30.0 Å². The van der Waals surface area contributed by atoms with E-state index < -0.39 is 0 Å². The second kappa shape index (κ2) is 8.33. The second-order valence-corrected chi connectivity index (χ2v) is 6.57. The van der Waals surface area contributed by atoms with E-state index in [9.17, 15) is 14.3 Å². The molecule has 0 spiro atoms. The van der Waals surface area contributed by atoms with Crippen LogP contribution in [0, 0.1) is 11.2 Å². The summed E-state index contributed by atoms with van der Waals surface area (Å²) in [6.07, 6.45) is 2.32. The highest BCUT2D eigenvalue weighted by molar-refractivity contribution is 5.74. The van der Waals surface area contributed by atoms with Crippen LogP contribution < -0.4 is 10.1 Å². The molecule has 1 aliphatic rings. The molecule has 0 aliphatic carbocycles. The number of hydrogen-bond acceptors (Lipinski definition) is 3. The lowest BCUT2D eigenvalue weighted by atomic mass is 9.77. The smallest absolute Gasteiger partial charge is 0.317 e. The highest BCUT2D eigenvalue weighted by atomic mass is 19.1. The molecule has 2 N–H and O–H groups in total. The molecule has 1 aromatic carbocycles. The Labute approximate surface area is 142 Å². The van der Waals surface area contributed by atoms with Crippen LogP contribution >= 0.6 is 0 Å². The van der Waals surface area contributed by atoms with Crippen LogP contribution in [0.1, 0.15) is 33.1 Å². The molecule has 1 atom stereocenters. The van der Waals surface area contributed by atoms with Crippen LogP contribution in [-0.2, 0) is 0 Å². The van der Waals surface area contributed by atoms with Crippen LogP contribution in [-0.4, -0.2) is 48.4 Å². The zero-order chi connectivity index (χ0) is 17.6. The maximum atomic E-state index is 13.1. The molecular formula is C18H27FN2O3. The lowest BCUT2D eigenvalue weighted by Crippen LogP contribution is -2.49. The highest BCUT2D eigenvalue weighted by Gasteiger charge is 2.33. The van der Waals surface area contributed by atoms with Crippen LogP contribution in [0.2, 0.25) is 0 Å². The van der Waals surface area contributed by atoms with Crippen molar-refractivity contribution in [1.29, 1.82) is 0 Å². The van der Waals surface area contributed by atoms with Gasteiger partial charge in [0.25, 0.3) is 0 Å². The Morgan fingerprint density at radius 1 is 1.46 bits per heavy atom. The van der Waals surface area contributed by atoms with E-state index in [2.05, 4.69) is 12.2 Å². The number of benzene rings is 1. The van der Waals surface area contributed by atoms with Gasteiger partial charge in [0.15, 0.2) is 0 Å². The molecule has 1 heterocycles. The third-order valence-electron chi connectivity index (χ3n) is 4.87. The monoisotopic (exact) mass is 338 g/mol. The number of nitrogens with one attached hydrogen (secondary N) is 1. The SMILES string of the molecule is CCC1(CO)CCN(C(=O)NCC(C)Oc2cccc(F)c2)CC1. The minimum Gasteiger partial charge on any atom is -0.489 e. The first kappa shape index (κ1) is 18.5. The molecule has 6 heteroatoms. The molecule has 1 aromatic rings. The van der Waals surface area contributed by atoms with Crippen molar-refractivity contribution in [3.05, 3.63) is 30.1 Å². The van der Waals surface area contributed by atoms with Crippen molar-refractivity contribution in [2.75, 3.05) is 26.2 Å². The molecule has 1 fully saturated rings. The molecule has 24 heavy (non-hydrogen) atoms. The van der Waals surface area contributed by atoms with E-state index in [0.29, 0.717) is 25.4 Å². The summed E-state index contributed by atoms with van der Waals surface area (Å²) in [5, 5.41) is 12.4. The second-order valence-electron chi connectivity index (χ2n) is 6.57. The molecule has 0 aromatic heterocycles. The average molecular weight is 338 g/mol. The van der Waals surface area contributed by atoms with Gasteiger partial charge < -0.3 is 20.1 Å². The molecule has 5 nitrogen and oxygen atoms in total. The summed E-state index contributed by atoms with van der Waals surface area (Å²) >= 11 is 0. The molecule has 1 saturated heterocycles. The van der Waals surface area contributed by atoms with E-state index in [1.54, 1.807) is 17.0 Å². The number of rotatable bonds is 6. The zero-order valence-electron chi connectivity index (χ0n) is 14.4. The number of likely N-dealkylation sites (tertiary alicyclic amines) is 1. The summed E-state index contributed by atoms with van der Waals surface area (Å²) in [6, 6.07) is 5.84. The van der Waals surface area contributed by atoms with Crippen molar-refractivity contribution in [3.8, 4) is 5.75 Å². The number of ether oxygens (including phenoxy) is 1. The van der Waals surface area contributed by atoms with Gasteiger partial charge in [-0.1, -0.05) is 13.0 Å². The molecule has 1 unspecified atom stereocenters. The fourth-order valence-electron chi connectivity index (χ4n) is 2.96. The molecule has 0 saturated carbocycles. The molecule has 2 amide bonds. The van der Waals surface area contributed by atoms with Gasteiger partial charge in [-0.25, -0.2) is 9.18 Å². The summed E-state index contributed by atoms with van der Waals surface area (Å²) in [5.41, 5.74) is -0.0371. The van der Waals surface area contributed by atoms with Gasteiger partial charge in [0.2, 0.25) is 0 Å². The number of piperidine rings is 1. The maximum Gasteiger partial charge on any atom is 0.317 e. The van der Waals surface area contributed by atoms with Crippen LogP contribution in [0.15, 0.2) is 24.3 Å². The number of carbonyl (C=O) groups is 1. The first-order valence-electron chi connectivity index (χ1n) is 8.54. The predicted molar refractivity (Wildman–Crippen MR) is 90.5 cm³/mol. The standard InChI is InChI=1S/C18H27FN2O3/c1-3-18(13-22)7-9-21(10-8-18)17(23)20-12-14(2)24-16-6-4-5-15(19)11-16/h4-6,11,14,22H,3,7-10,12-13H2,1-2H3,(H,20,23). The van der Waals surface area contributed by atoms with Crippen LogP contribution in [0.4, 0.5) is 9.18 Å². The predicted octanol–water partition coefficient (Wildman–Crippen LogP) is 2.79. The zero-order valence-corrected chi connectivity index (χ0v) is 14.4. The Kier molecular flexibility index (Phi) is 6.43. The number of aliphatic hydroxyl groups excluding tert-OH is 1. The Balaban J connectivity index is 1.75. The van der Waals surface area contributed by atoms with Crippen molar-refractivity contribution in [3.63, 3.8) is 0 Å². The van der Waals surface area contributed by atoms with Gasteiger partial charge >= 0.3 is 6.03 Å². The van der Waals surface area contributed by atoms with Gasteiger partial charge in [0, 0.05) is 25.8 Å². The third-order valence-corrected chi connectivity index (χ3v) is 4.87. The fourth-order valence-corrected chi connectivity index (χ4v) is 2.96.